The van der Waals surface area contributed by atoms with E-state index in [9.17, 15) is 9.59 Å². The molecule has 0 radical (unpaired) electrons. The standard InChI is InChI=1S/C21H23Cl3N2O2/c1-3-25-21(28)14(2)26(13-15-8-10-18(23)19(24)12-15)20(27)11-9-16-6-4-5-7-17(16)22/h4-8,10,12,14H,3,9,11,13H2,1-2H3,(H,25,28)/t14-/m0/s1. The Kier molecular flexibility index (Phi) is 8.61. The van der Waals surface area contributed by atoms with Crippen LogP contribution in [0.25, 0.3) is 0 Å². The van der Waals surface area contributed by atoms with E-state index < -0.39 is 6.04 Å². The van der Waals surface area contributed by atoms with E-state index in [1.54, 1.807) is 36.1 Å². The van der Waals surface area contributed by atoms with Crippen molar-refractivity contribution in [3.8, 4) is 0 Å². The maximum Gasteiger partial charge on any atom is 0.242 e. The lowest BCUT2D eigenvalue weighted by molar-refractivity contribution is -0.140. The lowest BCUT2D eigenvalue weighted by Gasteiger charge is -2.29. The number of aryl methyl sites for hydroxylation is 1. The number of nitrogens with zero attached hydrogens (tertiary/aromatic N) is 1. The third-order valence-corrected chi connectivity index (χ3v) is 5.53. The average Bonchev–Trinajstić information content (AvgIpc) is 2.67. The molecule has 28 heavy (non-hydrogen) atoms. The maximum atomic E-state index is 13.0. The molecule has 4 nitrogen and oxygen atoms in total. The van der Waals surface area contributed by atoms with E-state index in [4.69, 9.17) is 34.8 Å². The highest BCUT2D eigenvalue weighted by Gasteiger charge is 2.25. The molecule has 7 heteroatoms. The minimum Gasteiger partial charge on any atom is -0.355 e. The van der Waals surface area contributed by atoms with Gasteiger partial charge < -0.3 is 10.2 Å². The van der Waals surface area contributed by atoms with Crippen LogP contribution in [0, 0.1) is 0 Å². The van der Waals surface area contributed by atoms with Gasteiger partial charge in [-0.25, -0.2) is 0 Å². The zero-order valence-electron chi connectivity index (χ0n) is 15.8. The van der Waals surface area contributed by atoms with E-state index in [1.807, 2.05) is 25.1 Å². The third kappa shape index (κ3) is 6.13. The second-order valence-corrected chi connectivity index (χ2v) is 7.65. The lowest BCUT2D eigenvalue weighted by atomic mass is 10.1. The number of nitrogens with one attached hydrogen (secondary N) is 1. The van der Waals surface area contributed by atoms with Gasteiger partial charge in [0, 0.05) is 24.5 Å². The topological polar surface area (TPSA) is 49.4 Å². The summed E-state index contributed by atoms with van der Waals surface area (Å²) in [6, 6.07) is 12.0. The maximum absolute atomic E-state index is 13.0. The van der Waals surface area contributed by atoms with Crippen LogP contribution in [0.2, 0.25) is 15.1 Å². The Bertz CT molecular complexity index is 842. The highest BCUT2D eigenvalue weighted by atomic mass is 35.5. The monoisotopic (exact) mass is 440 g/mol. The van der Waals surface area contributed by atoms with Crippen molar-refractivity contribution in [2.45, 2.75) is 39.3 Å². The van der Waals surface area contributed by atoms with Gasteiger partial charge in [-0.1, -0.05) is 59.1 Å². The van der Waals surface area contributed by atoms with Gasteiger partial charge in [-0.3, -0.25) is 9.59 Å². The van der Waals surface area contributed by atoms with Gasteiger partial charge in [0.25, 0.3) is 0 Å². The Balaban J connectivity index is 2.18. The SMILES string of the molecule is CCNC(=O)[C@H](C)N(Cc1ccc(Cl)c(Cl)c1)C(=O)CCc1ccccc1Cl. The summed E-state index contributed by atoms with van der Waals surface area (Å²) in [5.41, 5.74) is 1.70. The summed E-state index contributed by atoms with van der Waals surface area (Å²) < 4.78 is 0. The number of hydrogen-bond acceptors (Lipinski definition) is 2. The van der Waals surface area contributed by atoms with E-state index in [0.717, 1.165) is 11.1 Å². The second kappa shape index (κ2) is 10.7. The van der Waals surface area contributed by atoms with E-state index in [-0.39, 0.29) is 24.8 Å². The Morgan fingerprint density at radius 3 is 2.39 bits per heavy atom. The normalized spacial score (nSPS) is 11.8. The summed E-state index contributed by atoms with van der Waals surface area (Å²) >= 11 is 18.3. The number of amides is 2. The highest BCUT2D eigenvalue weighted by molar-refractivity contribution is 6.42. The molecule has 0 aliphatic heterocycles. The first-order chi connectivity index (χ1) is 13.3. The molecule has 0 aromatic heterocycles. The molecular weight excluding hydrogens is 419 g/mol. The van der Waals surface area contributed by atoms with Gasteiger partial charge >= 0.3 is 0 Å². The molecule has 0 unspecified atom stereocenters. The molecule has 150 valence electrons. The summed E-state index contributed by atoms with van der Waals surface area (Å²) in [5.74, 6) is -0.335. The van der Waals surface area contributed by atoms with Crippen molar-refractivity contribution in [1.29, 1.82) is 0 Å². The van der Waals surface area contributed by atoms with Crippen molar-refractivity contribution < 1.29 is 9.59 Å². The molecule has 1 atom stereocenters. The summed E-state index contributed by atoms with van der Waals surface area (Å²) in [5, 5.41) is 4.25. The van der Waals surface area contributed by atoms with Gasteiger partial charge in [0.05, 0.1) is 10.0 Å². The highest BCUT2D eigenvalue weighted by Crippen LogP contribution is 2.24. The fourth-order valence-electron chi connectivity index (χ4n) is 2.83. The van der Waals surface area contributed by atoms with E-state index >= 15 is 0 Å². The number of carbonyl (C=O) groups is 2. The van der Waals surface area contributed by atoms with Gasteiger partial charge in [-0.05, 0) is 49.6 Å². The number of rotatable bonds is 8. The van der Waals surface area contributed by atoms with Gasteiger partial charge in [0.15, 0.2) is 0 Å². The molecule has 2 amide bonds. The third-order valence-electron chi connectivity index (χ3n) is 4.42. The van der Waals surface area contributed by atoms with Gasteiger partial charge in [0.2, 0.25) is 11.8 Å². The van der Waals surface area contributed by atoms with Crippen LogP contribution in [0.4, 0.5) is 0 Å². The smallest absolute Gasteiger partial charge is 0.242 e. The minimum atomic E-state index is -0.617. The van der Waals surface area contributed by atoms with Crippen LogP contribution in [0.5, 0.6) is 0 Å². The predicted octanol–water partition coefficient (Wildman–Crippen LogP) is 5.13. The van der Waals surface area contributed by atoms with Gasteiger partial charge in [-0.2, -0.15) is 0 Å². The Hall–Kier alpha value is -1.75. The molecule has 2 aromatic carbocycles. The molecule has 0 bridgehead atoms. The van der Waals surface area contributed by atoms with Crippen LogP contribution >= 0.6 is 34.8 Å². The number of carbonyl (C=O) groups excluding carboxylic acids is 2. The molecule has 0 spiro atoms. The molecule has 2 rings (SSSR count). The van der Waals surface area contributed by atoms with Crippen LogP contribution in [-0.4, -0.2) is 29.3 Å². The van der Waals surface area contributed by atoms with Crippen molar-refractivity contribution >= 4 is 46.6 Å². The fraction of sp³-hybridized carbons (Fsp3) is 0.333. The molecule has 0 saturated heterocycles. The van der Waals surface area contributed by atoms with Crippen LogP contribution in [0.3, 0.4) is 0 Å². The van der Waals surface area contributed by atoms with E-state index in [0.29, 0.717) is 28.0 Å². The Morgan fingerprint density at radius 1 is 1.04 bits per heavy atom. The van der Waals surface area contributed by atoms with Crippen LogP contribution in [0.15, 0.2) is 42.5 Å². The summed E-state index contributed by atoms with van der Waals surface area (Å²) in [4.78, 5) is 26.9. The molecule has 0 heterocycles. The van der Waals surface area contributed by atoms with E-state index in [2.05, 4.69) is 5.32 Å². The molecule has 0 fully saturated rings. The first-order valence-electron chi connectivity index (χ1n) is 9.08. The lowest BCUT2D eigenvalue weighted by Crippen LogP contribution is -2.47. The Morgan fingerprint density at radius 2 is 1.75 bits per heavy atom. The minimum absolute atomic E-state index is 0.134. The van der Waals surface area contributed by atoms with Gasteiger partial charge in [0.1, 0.15) is 6.04 Å². The number of likely N-dealkylation sites (N-methyl/N-ethyl adjacent to an activating group) is 1. The van der Waals surface area contributed by atoms with Crippen LogP contribution in [0.1, 0.15) is 31.4 Å². The van der Waals surface area contributed by atoms with Crippen LogP contribution in [-0.2, 0) is 22.6 Å². The molecule has 0 aliphatic rings. The van der Waals surface area contributed by atoms with Gasteiger partial charge in [-0.15, -0.1) is 0 Å². The average molecular weight is 442 g/mol. The first kappa shape index (κ1) is 22.5. The summed E-state index contributed by atoms with van der Waals surface area (Å²) in [6.07, 6.45) is 0.743. The van der Waals surface area contributed by atoms with Crippen molar-refractivity contribution in [3.05, 3.63) is 68.7 Å². The largest absolute Gasteiger partial charge is 0.355 e. The van der Waals surface area contributed by atoms with Crippen molar-refractivity contribution in [1.82, 2.24) is 10.2 Å². The second-order valence-electron chi connectivity index (χ2n) is 6.43. The molecule has 0 saturated carbocycles. The molecule has 0 aliphatic carbocycles. The quantitative estimate of drug-likeness (QED) is 0.617. The number of benzene rings is 2. The number of hydrogen-bond donors (Lipinski definition) is 1. The first-order valence-corrected chi connectivity index (χ1v) is 10.2. The number of halogens is 3. The zero-order chi connectivity index (χ0) is 20.7. The molecular formula is C21H23Cl3N2O2. The molecule has 1 N–H and O–H groups in total. The van der Waals surface area contributed by atoms with Crippen LogP contribution < -0.4 is 5.32 Å². The van der Waals surface area contributed by atoms with E-state index in [1.165, 1.54) is 0 Å². The summed E-state index contributed by atoms with van der Waals surface area (Å²) in [6.45, 7) is 4.32. The molecule has 2 aromatic rings. The predicted molar refractivity (Wildman–Crippen MR) is 115 cm³/mol. The Labute approximate surface area is 180 Å². The van der Waals surface area contributed by atoms with Crippen molar-refractivity contribution in [2.75, 3.05) is 6.54 Å². The van der Waals surface area contributed by atoms with Crippen molar-refractivity contribution in [3.63, 3.8) is 0 Å². The fourth-order valence-corrected chi connectivity index (χ4v) is 3.38. The van der Waals surface area contributed by atoms with Crippen molar-refractivity contribution in [2.24, 2.45) is 0 Å². The zero-order valence-corrected chi connectivity index (χ0v) is 18.1. The summed E-state index contributed by atoms with van der Waals surface area (Å²) in [7, 11) is 0.